The number of nitrogens with two attached hydrogens (primary N) is 1. The predicted octanol–water partition coefficient (Wildman–Crippen LogP) is 2.60. The second kappa shape index (κ2) is 5.03. The van der Waals surface area contributed by atoms with Crippen molar-refractivity contribution in [2.45, 2.75) is 6.54 Å². The molecular formula is C13H12F2N2. The Bertz CT molecular complexity index is 527. The summed E-state index contributed by atoms with van der Waals surface area (Å²) in [7, 11) is 0. The number of halogens is 2. The van der Waals surface area contributed by atoms with Crippen molar-refractivity contribution in [1.29, 1.82) is 0 Å². The van der Waals surface area contributed by atoms with Crippen LogP contribution in [0.1, 0.15) is 5.56 Å². The van der Waals surface area contributed by atoms with Gasteiger partial charge >= 0.3 is 0 Å². The van der Waals surface area contributed by atoms with E-state index in [1.807, 2.05) is 0 Å². The molecule has 0 saturated carbocycles. The normalized spacial score (nSPS) is 10.5. The van der Waals surface area contributed by atoms with Gasteiger partial charge in [0, 0.05) is 17.7 Å². The van der Waals surface area contributed by atoms with Crippen LogP contribution < -0.4 is 11.3 Å². The number of hydrogen-bond donors (Lipinski definition) is 2. The van der Waals surface area contributed by atoms with Crippen LogP contribution in [-0.2, 0) is 6.54 Å². The van der Waals surface area contributed by atoms with Gasteiger partial charge in [-0.25, -0.2) is 8.78 Å². The first-order valence-electron chi connectivity index (χ1n) is 5.19. The van der Waals surface area contributed by atoms with Crippen LogP contribution in [0.3, 0.4) is 0 Å². The van der Waals surface area contributed by atoms with Crippen LogP contribution >= 0.6 is 0 Å². The summed E-state index contributed by atoms with van der Waals surface area (Å²) in [6.07, 6.45) is 0. The second-order valence-electron chi connectivity index (χ2n) is 3.67. The molecule has 17 heavy (non-hydrogen) atoms. The Labute approximate surface area is 98.0 Å². The lowest BCUT2D eigenvalue weighted by Crippen LogP contribution is -2.21. The monoisotopic (exact) mass is 234 g/mol. The summed E-state index contributed by atoms with van der Waals surface area (Å²) >= 11 is 0. The van der Waals surface area contributed by atoms with Gasteiger partial charge in [0.25, 0.3) is 0 Å². The molecule has 4 heteroatoms. The summed E-state index contributed by atoms with van der Waals surface area (Å²) in [5.74, 6) is 4.47. The van der Waals surface area contributed by atoms with Crippen LogP contribution in [0.15, 0.2) is 42.5 Å². The first kappa shape index (κ1) is 11.7. The average molecular weight is 234 g/mol. The number of benzene rings is 2. The van der Waals surface area contributed by atoms with E-state index in [9.17, 15) is 8.78 Å². The largest absolute Gasteiger partial charge is 0.271 e. The van der Waals surface area contributed by atoms with E-state index < -0.39 is 0 Å². The summed E-state index contributed by atoms with van der Waals surface area (Å²) < 4.78 is 26.9. The van der Waals surface area contributed by atoms with E-state index in [0.29, 0.717) is 16.7 Å². The third-order valence-corrected chi connectivity index (χ3v) is 2.52. The molecule has 0 spiro atoms. The molecule has 2 aromatic carbocycles. The van der Waals surface area contributed by atoms with Crippen LogP contribution in [0.4, 0.5) is 8.78 Å². The van der Waals surface area contributed by atoms with Crippen molar-refractivity contribution in [3.05, 3.63) is 59.7 Å². The minimum atomic E-state index is -0.358. The second-order valence-corrected chi connectivity index (χ2v) is 3.67. The van der Waals surface area contributed by atoms with Crippen LogP contribution in [0, 0.1) is 11.6 Å². The summed E-state index contributed by atoms with van der Waals surface area (Å²) in [6.45, 7) is 0.203. The molecule has 2 aromatic rings. The number of hydrazine groups is 1. The highest BCUT2D eigenvalue weighted by Gasteiger charge is 2.07. The molecule has 0 aliphatic heterocycles. The minimum Gasteiger partial charge on any atom is -0.271 e. The van der Waals surface area contributed by atoms with Crippen molar-refractivity contribution in [3.8, 4) is 11.1 Å². The van der Waals surface area contributed by atoms with Crippen molar-refractivity contribution in [2.24, 2.45) is 5.84 Å². The van der Waals surface area contributed by atoms with E-state index in [1.54, 1.807) is 30.3 Å². The van der Waals surface area contributed by atoms with Crippen LogP contribution in [0.25, 0.3) is 11.1 Å². The molecule has 0 atom stereocenters. The third kappa shape index (κ3) is 2.49. The van der Waals surface area contributed by atoms with Gasteiger partial charge in [0.15, 0.2) is 0 Å². The predicted molar refractivity (Wildman–Crippen MR) is 62.8 cm³/mol. The Kier molecular flexibility index (Phi) is 3.46. The molecule has 0 aliphatic carbocycles. The van der Waals surface area contributed by atoms with Crippen LogP contribution in [-0.4, -0.2) is 0 Å². The van der Waals surface area contributed by atoms with E-state index in [1.165, 1.54) is 12.1 Å². The van der Waals surface area contributed by atoms with Gasteiger partial charge < -0.3 is 0 Å². The first-order valence-corrected chi connectivity index (χ1v) is 5.19. The van der Waals surface area contributed by atoms with Gasteiger partial charge in [-0.1, -0.05) is 24.3 Å². The van der Waals surface area contributed by atoms with Crippen LogP contribution in [0.5, 0.6) is 0 Å². The Morgan fingerprint density at radius 2 is 1.76 bits per heavy atom. The maximum atomic E-state index is 13.6. The topological polar surface area (TPSA) is 38.0 Å². The zero-order chi connectivity index (χ0) is 12.3. The zero-order valence-corrected chi connectivity index (χ0v) is 9.08. The van der Waals surface area contributed by atoms with Crippen molar-refractivity contribution in [1.82, 2.24) is 5.43 Å². The minimum absolute atomic E-state index is 0.203. The highest BCUT2D eigenvalue weighted by molar-refractivity contribution is 5.64. The van der Waals surface area contributed by atoms with Gasteiger partial charge in [0.2, 0.25) is 0 Å². The highest BCUT2D eigenvalue weighted by atomic mass is 19.1. The molecular weight excluding hydrogens is 222 g/mol. The Morgan fingerprint density at radius 1 is 1.00 bits per heavy atom. The van der Waals surface area contributed by atoms with Crippen molar-refractivity contribution >= 4 is 0 Å². The van der Waals surface area contributed by atoms with Gasteiger partial charge in [-0.15, -0.1) is 0 Å². The lowest BCUT2D eigenvalue weighted by Gasteiger charge is -2.07. The smallest absolute Gasteiger partial charge is 0.131 e. The summed E-state index contributed by atoms with van der Waals surface area (Å²) in [5.41, 5.74) is 3.88. The molecule has 0 unspecified atom stereocenters. The molecule has 88 valence electrons. The van der Waals surface area contributed by atoms with E-state index in [0.717, 1.165) is 0 Å². The highest BCUT2D eigenvalue weighted by Crippen LogP contribution is 2.24. The van der Waals surface area contributed by atoms with E-state index in [-0.39, 0.29) is 18.2 Å². The summed E-state index contributed by atoms with van der Waals surface area (Å²) in [6, 6.07) is 10.8. The maximum absolute atomic E-state index is 13.6. The number of rotatable bonds is 3. The summed E-state index contributed by atoms with van der Waals surface area (Å²) in [5, 5.41) is 0. The van der Waals surface area contributed by atoms with Gasteiger partial charge in [-0.2, -0.15) is 0 Å². The fraction of sp³-hybridized carbons (Fsp3) is 0.0769. The fourth-order valence-corrected chi connectivity index (χ4v) is 1.68. The molecule has 0 fully saturated rings. The molecule has 0 aromatic heterocycles. The van der Waals surface area contributed by atoms with Gasteiger partial charge in [0.05, 0.1) is 0 Å². The van der Waals surface area contributed by atoms with Gasteiger partial charge in [-0.05, 0) is 23.8 Å². The molecule has 0 saturated heterocycles. The van der Waals surface area contributed by atoms with E-state index >= 15 is 0 Å². The van der Waals surface area contributed by atoms with Crippen LogP contribution in [0.2, 0.25) is 0 Å². The van der Waals surface area contributed by atoms with Crippen molar-refractivity contribution in [3.63, 3.8) is 0 Å². The van der Waals surface area contributed by atoms with Crippen molar-refractivity contribution < 1.29 is 8.78 Å². The van der Waals surface area contributed by atoms with Gasteiger partial charge in [-0.3, -0.25) is 11.3 Å². The first-order chi connectivity index (χ1) is 8.22. The zero-order valence-electron chi connectivity index (χ0n) is 9.08. The molecule has 0 bridgehead atoms. The molecule has 0 aliphatic rings. The fourth-order valence-electron chi connectivity index (χ4n) is 1.68. The molecule has 0 radical (unpaired) electrons. The Balaban J connectivity index is 2.46. The SMILES string of the molecule is NNCc1cc(-c2ccccc2F)ccc1F. The van der Waals surface area contributed by atoms with Gasteiger partial charge in [0.1, 0.15) is 11.6 Å². The lowest BCUT2D eigenvalue weighted by atomic mass is 10.0. The molecule has 2 rings (SSSR count). The molecule has 3 N–H and O–H groups in total. The lowest BCUT2D eigenvalue weighted by molar-refractivity contribution is 0.594. The Hall–Kier alpha value is -1.78. The number of nitrogens with one attached hydrogen (secondary N) is 1. The summed E-state index contributed by atoms with van der Waals surface area (Å²) in [4.78, 5) is 0. The average Bonchev–Trinajstić information content (AvgIpc) is 2.33. The quantitative estimate of drug-likeness (QED) is 0.632. The molecule has 0 amide bonds. The van der Waals surface area contributed by atoms with Crippen molar-refractivity contribution in [2.75, 3.05) is 0 Å². The van der Waals surface area contributed by atoms with E-state index in [4.69, 9.17) is 5.84 Å². The van der Waals surface area contributed by atoms with E-state index in [2.05, 4.69) is 5.43 Å². The third-order valence-electron chi connectivity index (χ3n) is 2.52. The number of hydrogen-bond acceptors (Lipinski definition) is 2. The Morgan fingerprint density at radius 3 is 2.47 bits per heavy atom. The molecule has 0 heterocycles. The molecule has 2 nitrogen and oxygen atoms in total. The standard InChI is InChI=1S/C13H12F2N2/c14-12-6-5-9(7-10(12)8-17-16)11-3-1-2-4-13(11)15/h1-7,17H,8,16H2. The maximum Gasteiger partial charge on any atom is 0.131 e.